The number of hydrogen-bond donors (Lipinski definition) is 1. The van der Waals surface area contributed by atoms with Crippen molar-refractivity contribution < 1.29 is 14.3 Å². The zero-order valence-corrected chi connectivity index (χ0v) is 18.3. The molecule has 0 radical (unpaired) electrons. The van der Waals surface area contributed by atoms with Crippen LogP contribution in [-0.2, 0) is 4.79 Å². The van der Waals surface area contributed by atoms with Gasteiger partial charge >= 0.3 is 0 Å². The largest absolute Gasteiger partial charge is 0.496 e. The fourth-order valence-corrected chi connectivity index (χ4v) is 3.26. The molecule has 28 heavy (non-hydrogen) atoms. The maximum atomic E-state index is 12.7. The molecular weight excluding hydrogens is 350 g/mol. The van der Waals surface area contributed by atoms with E-state index in [2.05, 4.69) is 32.2 Å². The van der Waals surface area contributed by atoms with E-state index in [1.54, 1.807) is 14.0 Å². The summed E-state index contributed by atoms with van der Waals surface area (Å²) in [7, 11) is 1.69. The highest BCUT2D eigenvalue weighted by atomic mass is 16.5. The monoisotopic (exact) mass is 383 g/mol. The van der Waals surface area contributed by atoms with Crippen LogP contribution in [-0.4, -0.2) is 19.1 Å². The molecule has 2 aromatic rings. The number of carbonyl (C=O) groups excluding carboxylic acids is 1. The van der Waals surface area contributed by atoms with Gasteiger partial charge in [-0.2, -0.15) is 0 Å². The Morgan fingerprint density at radius 2 is 1.57 bits per heavy atom. The molecule has 0 aliphatic carbocycles. The lowest BCUT2D eigenvalue weighted by atomic mass is 9.93. The summed E-state index contributed by atoms with van der Waals surface area (Å²) in [4.78, 5) is 12.7. The van der Waals surface area contributed by atoms with Crippen LogP contribution in [0.3, 0.4) is 0 Å². The highest BCUT2D eigenvalue weighted by molar-refractivity contribution is 5.81. The number of carbonyl (C=O) groups is 1. The van der Waals surface area contributed by atoms with Crippen LogP contribution in [0.2, 0.25) is 0 Å². The molecule has 2 aromatic carbocycles. The summed E-state index contributed by atoms with van der Waals surface area (Å²) >= 11 is 0. The van der Waals surface area contributed by atoms with E-state index >= 15 is 0 Å². The second kappa shape index (κ2) is 9.13. The van der Waals surface area contributed by atoms with Crippen LogP contribution in [0.25, 0.3) is 0 Å². The van der Waals surface area contributed by atoms with Crippen LogP contribution in [0.1, 0.15) is 67.5 Å². The van der Waals surface area contributed by atoms with Gasteiger partial charge in [0.15, 0.2) is 6.10 Å². The van der Waals surface area contributed by atoms with Gasteiger partial charge in [0.25, 0.3) is 5.91 Å². The van der Waals surface area contributed by atoms with E-state index in [0.29, 0.717) is 11.7 Å². The smallest absolute Gasteiger partial charge is 0.261 e. The van der Waals surface area contributed by atoms with Crippen LogP contribution >= 0.6 is 0 Å². The van der Waals surface area contributed by atoms with Crippen molar-refractivity contribution in [2.75, 3.05) is 7.11 Å². The highest BCUT2D eigenvalue weighted by Crippen LogP contribution is 2.32. The first-order valence-corrected chi connectivity index (χ1v) is 9.86. The van der Waals surface area contributed by atoms with Gasteiger partial charge < -0.3 is 14.8 Å². The number of hydrogen-bond acceptors (Lipinski definition) is 3. The molecule has 0 spiro atoms. The Morgan fingerprint density at radius 3 is 2.14 bits per heavy atom. The predicted octanol–water partition coefficient (Wildman–Crippen LogP) is 5.39. The Labute approximate surface area is 169 Å². The van der Waals surface area contributed by atoms with Crippen molar-refractivity contribution >= 4 is 5.91 Å². The molecule has 0 saturated heterocycles. The molecular formula is C24H33NO3. The molecule has 0 unspecified atom stereocenters. The minimum Gasteiger partial charge on any atom is -0.496 e. The second-order valence-corrected chi connectivity index (χ2v) is 7.84. The third-order valence-corrected chi connectivity index (χ3v) is 5.23. The van der Waals surface area contributed by atoms with Crippen molar-refractivity contribution in [1.82, 2.24) is 5.32 Å². The Balaban J connectivity index is 2.12. The third kappa shape index (κ3) is 5.06. The van der Waals surface area contributed by atoms with Gasteiger partial charge in [0, 0.05) is 0 Å². The lowest BCUT2D eigenvalue weighted by molar-refractivity contribution is -0.127. The number of methoxy groups -OCH3 is 1. The zero-order chi connectivity index (χ0) is 21.0. The standard InChI is InChI=1S/C24H33NO3/c1-14(2)21-13-22(17(5)12-23(21)27-8)18(6)25-24(26)19(7)28-20-10-9-15(3)16(4)11-20/h9-14,18-19H,1-8H3,(H,25,26)/t18-,19+/m0/s1. The quantitative estimate of drug-likeness (QED) is 0.697. The molecule has 0 heterocycles. The average Bonchev–Trinajstić information content (AvgIpc) is 2.63. The maximum absolute atomic E-state index is 12.7. The van der Waals surface area contributed by atoms with Crippen LogP contribution in [0.4, 0.5) is 0 Å². The van der Waals surface area contributed by atoms with Gasteiger partial charge in [0.05, 0.1) is 13.2 Å². The normalized spacial score (nSPS) is 13.2. The second-order valence-electron chi connectivity index (χ2n) is 7.84. The number of benzene rings is 2. The fraction of sp³-hybridized carbons (Fsp3) is 0.458. The Morgan fingerprint density at radius 1 is 0.893 bits per heavy atom. The average molecular weight is 384 g/mol. The molecule has 1 N–H and O–H groups in total. The summed E-state index contributed by atoms with van der Waals surface area (Å²) in [5.41, 5.74) is 5.68. The van der Waals surface area contributed by atoms with Gasteiger partial charge in [-0.25, -0.2) is 0 Å². The molecule has 4 nitrogen and oxygen atoms in total. The maximum Gasteiger partial charge on any atom is 0.261 e. The number of aryl methyl sites for hydroxylation is 3. The molecule has 4 heteroatoms. The molecule has 2 rings (SSSR count). The minimum atomic E-state index is -0.576. The molecule has 0 bridgehead atoms. The van der Waals surface area contributed by atoms with E-state index in [9.17, 15) is 4.79 Å². The summed E-state index contributed by atoms with van der Waals surface area (Å²) in [5.74, 6) is 1.80. The summed E-state index contributed by atoms with van der Waals surface area (Å²) in [6.45, 7) is 14.2. The van der Waals surface area contributed by atoms with E-state index in [0.717, 1.165) is 28.0 Å². The lowest BCUT2D eigenvalue weighted by Crippen LogP contribution is -2.38. The van der Waals surface area contributed by atoms with E-state index in [4.69, 9.17) is 9.47 Å². The van der Waals surface area contributed by atoms with E-state index in [1.807, 2.05) is 45.0 Å². The van der Waals surface area contributed by atoms with Crippen molar-refractivity contribution in [3.05, 3.63) is 58.1 Å². The van der Waals surface area contributed by atoms with E-state index < -0.39 is 6.10 Å². The number of ether oxygens (including phenoxy) is 2. The van der Waals surface area contributed by atoms with Gasteiger partial charge in [-0.3, -0.25) is 4.79 Å². The summed E-state index contributed by atoms with van der Waals surface area (Å²) < 4.78 is 11.4. The van der Waals surface area contributed by atoms with E-state index in [1.165, 1.54) is 5.56 Å². The van der Waals surface area contributed by atoms with Gasteiger partial charge in [-0.05, 0) is 92.6 Å². The third-order valence-electron chi connectivity index (χ3n) is 5.23. The van der Waals surface area contributed by atoms with Crippen molar-refractivity contribution in [2.24, 2.45) is 0 Å². The topological polar surface area (TPSA) is 47.6 Å². The van der Waals surface area contributed by atoms with Crippen molar-refractivity contribution in [2.45, 2.75) is 66.5 Å². The van der Waals surface area contributed by atoms with Crippen molar-refractivity contribution in [3.8, 4) is 11.5 Å². The Hall–Kier alpha value is -2.49. The van der Waals surface area contributed by atoms with Gasteiger partial charge in [-0.1, -0.05) is 19.9 Å². The highest BCUT2D eigenvalue weighted by Gasteiger charge is 2.20. The molecule has 0 aromatic heterocycles. The predicted molar refractivity (Wildman–Crippen MR) is 114 cm³/mol. The summed E-state index contributed by atoms with van der Waals surface area (Å²) in [6.07, 6.45) is -0.576. The lowest BCUT2D eigenvalue weighted by Gasteiger charge is -2.23. The summed E-state index contributed by atoms with van der Waals surface area (Å²) in [5, 5.41) is 3.08. The molecule has 0 aliphatic heterocycles. The first-order valence-electron chi connectivity index (χ1n) is 9.86. The van der Waals surface area contributed by atoms with Crippen molar-refractivity contribution in [3.63, 3.8) is 0 Å². The van der Waals surface area contributed by atoms with Crippen LogP contribution < -0.4 is 14.8 Å². The van der Waals surface area contributed by atoms with Crippen LogP contribution in [0.5, 0.6) is 11.5 Å². The Kier molecular flexibility index (Phi) is 7.11. The molecule has 1 amide bonds. The number of amides is 1. The number of rotatable bonds is 7. The number of nitrogens with one attached hydrogen (secondary N) is 1. The Bertz CT molecular complexity index is 842. The zero-order valence-electron chi connectivity index (χ0n) is 18.3. The SMILES string of the molecule is COc1cc(C)c([C@H](C)NC(=O)[C@@H](C)Oc2ccc(C)c(C)c2)cc1C(C)C. The van der Waals surface area contributed by atoms with Crippen molar-refractivity contribution in [1.29, 1.82) is 0 Å². The molecule has 0 fully saturated rings. The van der Waals surface area contributed by atoms with Gasteiger partial charge in [0.1, 0.15) is 11.5 Å². The van der Waals surface area contributed by atoms with Crippen LogP contribution in [0.15, 0.2) is 30.3 Å². The molecule has 0 aliphatic rings. The van der Waals surface area contributed by atoms with Gasteiger partial charge in [0.2, 0.25) is 0 Å². The fourth-order valence-electron chi connectivity index (χ4n) is 3.26. The minimum absolute atomic E-state index is 0.123. The first-order chi connectivity index (χ1) is 13.1. The molecule has 0 saturated carbocycles. The molecule has 2 atom stereocenters. The van der Waals surface area contributed by atoms with E-state index in [-0.39, 0.29) is 11.9 Å². The van der Waals surface area contributed by atoms with Crippen LogP contribution in [0, 0.1) is 20.8 Å². The van der Waals surface area contributed by atoms with Gasteiger partial charge in [-0.15, -0.1) is 0 Å². The summed E-state index contributed by atoms with van der Waals surface area (Å²) in [6, 6.07) is 9.93. The molecule has 152 valence electrons. The first kappa shape index (κ1) is 21.8.